The fourth-order valence-electron chi connectivity index (χ4n) is 1.92. The van der Waals surface area contributed by atoms with Crippen molar-refractivity contribution in [1.29, 1.82) is 0 Å². The van der Waals surface area contributed by atoms with Crippen molar-refractivity contribution in [2.45, 2.75) is 18.9 Å². The van der Waals surface area contributed by atoms with Gasteiger partial charge in [-0.15, -0.1) is 0 Å². The summed E-state index contributed by atoms with van der Waals surface area (Å²) in [6.45, 7) is 1.82. The van der Waals surface area contributed by atoms with Crippen LogP contribution in [0.15, 0.2) is 48.5 Å². The van der Waals surface area contributed by atoms with Crippen LogP contribution in [0.1, 0.15) is 18.1 Å². The van der Waals surface area contributed by atoms with E-state index in [1.165, 1.54) is 0 Å². The lowest BCUT2D eigenvalue weighted by Crippen LogP contribution is -2.24. The molecule has 0 amide bonds. The van der Waals surface area contributed by atoms with Gasteiger partial charge in [0.1, 0.15) is 0 Å². The van der Waals surface area contributed by atoms with Gasteiger partial charge in [-0.25, -0.2) is 0 Å². The molecule has 3 heteroatoms. The summed E-state index contributed by atoms with van der Waals surface area (Å²) >= 11 is 8.38. The van der Waals surface area contributed by atoms with E-state index < -0.39 is 5.60 Å². The van der Waals surface area contributed by atoms with Crippen molar-refractivity contribution in [3.63, 3.8) is 0 Å². The van der Waals surface area contributed by atoms with E-state index in [4.69, 9.17) is 11.6 Å². The highest BCUT2D eigenvalue weighted by Gasteiger charge is 2.24. The standard InChI is InChI=1S/C15H14ClIO/c1-15(18,12-6-8-13(17)9-7-12)10-11-4-2-3-5-14(11)16/h2-9,18H,10H2,1H3. The summed E-state index contributed by atoms with van der Waals surface area (Å²) in [5.74, 6) is 0. The number of aliphatic hydroxyl groups is 1. The minimum Gasteiger partial charge on any atom is -0.385 e. The van der Waals surface area contributed by atoms with Crippen molar-refractivity contribution in [3.8, 4) is 0 Å². The van der Waals surface area contributed by atoms with Gasteiger partial charge in [-0.2, -0.15) is 0 Å². The molecule has 1 N–H and O–H groups in total. The highest BCUT2D eigenvalue weighted by molar-refractivity contribution is 14.1. The second-order valence-corrected chi connectivity index (χ2v) is 6.20. The van der Waals surface area contributed by atoms with Crippen LogP contribution in [-0.2, 0) is 12.0 Å². The molecule has 2 aromatic rings. The maximum Gasteiger partial charge on any atom is 0.0909 e. The van der Waals surface area contributed by atoms with E-state index in [-0.39, 0.29) is 0 Å². The smallest absolute Gasteiger partial charge is 0.0909 e. The van der Waals surface area contributed by atoms with Crippen LogP contribution >= 0.6 is 34.2 Å². The SMILES string of the molecule is CC(O)(Cc1ccccc1Cl)c1ccc(I)cc1. The van der Waals surface area contributed by atoms with Gasteiger partial charge in [0.15, 0.2) is 0 Å². The first-order valence-electron chi connectivity index (χ1n) is 5.71. The third-order valence-corrected chi connectivity index (χ3v) is 4.05. The molecular formula is C15H14ClIO. The van der Waals surface area contributed by atoms with Crippen molar-refractivity contribution < 1.29 is 5.11 Å². The molecule has 94 valence electrons. The van der Waals surface area contributed by atoms with Gasteiger partial charge in [-0.3, -0.25) is 0 Å². The summed E-state index contributed by atoms with van der Waals surface area (Å²) < 4.78 is 1.16. The van der Waals surface area contributed by atoms with Gasteiger partial charge < -0.3 is 5.11 Å². The zero-order valence-corrected chi connectivity index (χ0v) is 12.9. The summed E-state index contributed by atoms with van der Waals surface area (Å²) in [5, 5.41) is 11.3. The summed E-state index contributed by atoms with van der Waals surface area (Å²) in [4.78, 5) is 0. The van der Waals surface area contributed by atoms with E-state index >= 15 is 0 Å². The highest BCUT2D eigenvalue weighted by Crippen LogP contribution is 2.28. The Labute approximate surface area is 126 Å². The van der Waals surface area contributed by atoms with Crippen molar-refractivity contribution >= 4 is 34.2 Å². The van der Waals surface area contributed by atoms with Crippen molar-refractivity contribution in [1.82, 2.24) is 0 Å². The average molecular weight is 373 g/mol. The number of benzene rings is 2. The quantitative estimate of drug-likeness (QED) is 0.792. The minimum absolute atomic E-state index is 0.507. The van der Waals surface area contributed by atoms with Crippen LogP contribution in [-0.4, -0.2) is 5.11 Å². The Morgan fingerprint density at radius 3 is 2.33 bits per heavy atom. The summed E-state index contributed by atoms with van der Waals surface area (Å²) in [5.41, 5.74) is 0.959. The molecule has 1 unspecified atom stereocenters. The summed E-state index contributed by atoms with van der Waals surface area (Å²) in [6, 6.07) is 15.5. The molecule has 0 aliphatic carbocycles. The first-order chi connectivity index (χ1) is 8.49. The van der Waals surface area contributed by atoms with E-state index in [2.05, 4.69) is 22.6 Å². The molecule has 0 saturated carbocycles. The lowest BCUT2D eigenvalue weighted by atomic mass is 9.89. The van der Waals surface area contributed by atoms with Gasteiger partial charge in [-0.1, -0.05) is 41.9 Å². The molecule has 0 bridgehead atoms. The molecule has 0 saturated heterocycles. The normalized spacial score (nSPS) is 14.2. The highest BCUT2D eigenvalue weighted by atomic mass is 127. The number of rotatable bonds is 3. The molecule has 0 heterocycles. The first-order valence-corrected chi connectivity index (χ1v) is 7.16. The third-order valence-electron chi connectivity index (χ3n) is 2.96. The largest absolute Gasteiger partial charge is 0.385 e. The molecule has 2 aromatic carbocycles. The minimum atomic E-state index is -0.907. The predicted octanol–water partition coefficient (Wildman–Crippen LogP) is 4.39. The van der Waals surface area contributed by atoms with Gasteiger partial charge in [0, 0.05) is 15.0 Å². The molecule has 0 radical (unpaired) electrons. The van der Waals surface area contributed by atoms with E-state index in [1.807, 2.05) is 55.5 Å². The molecular weight excluding hydrogens is 359 g/mol. The Balaban J connectivity index is 2.27. The second-order valence-electron chi connectivity index (χ2n) is 4.55. The summed E-state index contributed by atoms with van der Waals surface area (Å²) in [6.07, 6.45) is 0.507. The Bertz CT molecular complexity index is 534. The van der Waals surface area contributed by atoms with Gasteiger partial charge in [0.05, 0.1) is 5.60 Å². The maximum absolute atomic E-state index is 10.6. The van der Waals surface area contributed by atoms with Gasteiger partial charge in [-0.05, 0) is 58.8 Å². The van der Waals surface area contributed by atoms with Crippen LogP contribution in [0.25, 0.3) is 0 Å². The van der Waals surface area contributed by atoms with E-state index in [9.17, 15) is 5.11 Å². The van der Waals surface area contributed by atoms with Crippen molar-refractivity contribution in [2.75, 3.05) is 0 Å². The van der Waals surface area contributed by atoms with Crippen LogP contribution in [0.5, 0.6) is 0 Å². The molecule has 2 rings (SSSR count). The van der Waals surface area contributed by atoms with E-state index in [0.717, 1.165) is 14.7 Å². The Morgan fingerprint density at radius 1 is 1.11 bits per heavy atom. The number of halogens is 2. The topological polar surface area (TPSA) is 20.2 Å². The fourth-order valence-corrected chi connectivity index (χ4v) is 2.49. The van der Waals surface area contributed by atoms with Crippen LogP contribution in [0.3, 0.4) is 0 Å². The molecule has 1 atom stereocenters. The molecule has 0 aromatic heterocycles. The first kappa shape index (κ1) is 13.8. The monoisotopic (exact) mass is 372 g/mol. The van der Waals surface area contributed by atoms with Crippen molar-refractivity contribution in [2.24, 2.45) is 0 Å². The fraction of sp³-hybridized carbons (Fsp3) is 0.200. The molecule has 0 aliphatic heterocycles. The zero-order valence-electron chi connectivity index (χ0n) is 10.0. The lowest BCUT2D eigenvalue weighted by molar-refractivity contribution is 0.0576. The maximum atomic E-state index is 10.6. The van der Waals surface area contributed by atoms with Gasteiger partial charge in [0.25, 0.3) is 0 Å². The Morgan fingerprint density at radius 2 is 1.72 bits per heavy atom. The summed E-state index contributed by atoms with van der Waals surface area (Å²) in [7, 11) is 0. The van der Waals surface area contributed by atoms with Crippen LogP contribution in [0, 0.1) is 3.57 Å². The lowest BCUT2D eigenvalue weighted by Gasteiger charge is -2.24. The molecule has 1 nitrogen and oxygen atoms in total. The Kier molecular flexibility index (Phi) is 4.30. The molecule has 0 fully saturated rings. The van der Waals surface area contributed by atoms with E-state index in [0.29, 0.717) is 11.4 Å². The van der Waals surface area contributed by atoms with Gasteiger partial charge >= 0.3 is 0 Å². The molecule has 0 aliphatic rings. The number of hydrogen-bond donors (Lipinski definition) is 1. The predicted molar refractivity (Wildman–Crippen MR) is 83.9 cm³/mol. The average Bonchev–Trinajstić information content (AvgIpc) is 2.32. The van der Waals surface area contributed by atoms with Crippen molar-refractivity contribution in [3.05, 3.63) is 68.3 Å². The van der Waals surface area contributed by atoms with Gasteiger partial charge in [0.2, 0.25) is 0 Å². The van der Waals surface area contributed by atoms with E-state index in [1.54, 1.807) is 0 Å². The molecule has 0 spiro atoms. The third kappa shape index (κ3) is 3.25. The van der Waals surface area contributed by atoms with Crippen LogP contribution in [0.4, 0.5) is 0 Å². The van der Waals surface area contributed by atoms with Crippen LogP contribution < -0.4 is 0 Å². The van der Waals surface area contributed by atoms with Crippen LogP contribution in [0.2, 0.25) is 5.02 Å². The Hall–Kier alpha value is -0.580. The molecule has 18 heavy (non-hydrogen) atoms. The second kappa shape index (κ2) is 5.59. The number of hydrogen-bond acceptors (Lipinski definition) is 1. The zero-order chi connectivity index (χ0) is 13.2.